The lowest BCUT2D eigenvalue weighted by Crippen LogP contribution is -2.03. The van der Waals surface area contributed by atoms with Crippen LogP contribution in [0.2, 0.25) is 5.02 Å². The first-order chi connectivity index (χ1) is 14.0. The highest BCUT2D eigenvalue weighted by atomic mass is 79.9. The van der Waals surface area contributed by atoms with E-state index >= 15 is 0 Å². The minimum Gasteiger partial charge on any atom is -0.422 e. The first kappa shape index (κ1) is 19.4. The van der Waals surface area contributed by atoms with E-state index in [4.69, 9.17) is 16.0 Å². The molecule has 0 saturated carbocycles. The second-order valence-electron chi connectivity index (χ2n) is 5.96. The predicted molar refractivity (Wildman–Crippen MR) is 120 cm³/mol. The molecule has 0 fully saturated rings. The number of nitrogens with zero attached hydrogens (tertiary/aromatic N) is 2. The number of aromatic nitrogens is 1. The average molecular weight is 485 g/mol. The first-order valence-corrected chi connectivity index (χ1v) is 10.4. The number of hydrogen-bond donors (Lipinski definition) is 1. The number of nitriles is 1. The molecule has 8 heteroatoms. The predicted octanol–water partition coefficient (Wildman–Crippen LogP) is 6.31. The number of halogens is 2. The van der Waals surface area contributed by atoms with Crippen LogP contribution < -0.4 is 10.9 Å². The lowest BCUT2D eigenvalue weighted by Gasteiger charge is -2.03. The van der Waals surface area contributed by atoms with Crippen molar-refractivity contribution in [2.24, 2.45) is 0 Å². The molecule has 2 heterocycles. The Kier molecular flexibility index (Phi) is 5.49. The molecule has 0 aliphatic carbocycles. The molecule has 1 N–H and O–H groups in total. The van der Waals surface area contributed by atoms with Crippen molar-refractivity contribution in [2.75, 3.05) is 5.32 Å². The molecule has 4 rings (SSSR count). The number of anilines is 1. The molecule has 0 bridgehead atoms. The quantitative estimate of drug-likeness (QED) is 0.271. The van der Waals surface area contributed by atoms with Crippen molar-refractivity contribution in [2.45, 2.75) is 0 Å². The Balaban J connectivity index is 1.69. The van der Waals surface area contributed by atoms with Crippen LogP contribution in [0.15, 0.2) is 73.8 Å². The van der Waals surface area contributed by atoms with Crippen LogP contribution in [0, 0.1) is 11.3 Å². The van der Waals surface area contributed by atoms with Gasteiger partial charge in [-0.15, -0.1) is 11.3 Å². The molecule has 0 atom stereocenters. The number of fused-ring (bicyclic) bond motifs is 1. The third-order valence-corrected chi connectivity index (χ3v) is 5.77. The van der Waals surface area contributed by atoms with Gasteiger partial charge in [0.2, 0.25) is 0 Å². The van der Waals surface area contributed by atoms with E-state index in [-0.39, 0.29) is 0 Å². The van der Waals surface area contributed by atoms with Crippen molar-refractivity contribution in [1.29, 1.82) is 5.26 Å². The number of nitrogens with one attached hydrogen (secondary N) is 1. The van der Waals surface area contributed by atoms with E-state index in [1.165, 1.54) is 11.3 Å². The smallest absolute Gasteiger partial charge is 0.345 e. The van der Waals surface area contributed by atoms with E-state index in [0.717, 1.165) is 9.86 Å². The topological polar surface area (TPSA) is 78.9 Å². The summed E-state index contributed by atoms with van der Waals surface area (Å²) >= 11 is 10.8. The van der Waals surface area contributed by atoms with Gasteiger partial charge in [-0.3, -0.25) is 0 Å². The van der Waals surface area contributed by atoms with Crippen LogP contribution in [0.25, 0.3) is 27.8 Å². The fourth-order valence-corrected chi connectivity index (χ4v) is 4.02. The Morgan fingerprint density at radius 1 is 1.28 bits per heavy atom. The molecule has 4 aromatic rings. The van der Waals surface area contributed by atoms with Crippen LogP contribution in [0.5, 0.6) is 0 Å². The van der Waals surface area contributed by atoms with E-state index < -0.39 is 5.63 Å². The highest BCUT2D eigenvalue weighted by molar-refractivity contribution is 9.10. The van der Waals surface area contributed by atoms with E-state index in [2.05, 4.69) is 32.3 Å². The van der Waals surface area contributed by atoms with E-state index in [0.29, 0.717) is 38.1 Å². The summed E-state index contributed by atoms with van der Waals surface area (Å²) in [7, 11) is 0. The molecule has 0 aliphatic heterocycles. The molecule has 2 aromatic heterocycles. The van der Waals surface area contributed by atoms with Crippen LogP contribution in [0.1, 0.15) is 5.01 Å². The van der Waals surface area contributed by atoms with Gasteiger partial charge in [0.15, 0.2) is 0 Å². The Bertz CT molecular complexity index is 1350. The summed E-state index contributed by atoms with van der Waals surface area (Å²) in [5, 5.41) is 16.1. The summed E-state index contributed by atoms with van der Waals surface area (Å²) in [5.41, 5.74) is 1.83. The molecule has 0 amide bonds. The monoisotopic (exact) mass is 483 g/mol. The summed E-state index contributed by atoms with van der Waals surface area (Å²) in [4.78, 5) is 16.9. The standard InChI is InChI=1S/C21H11BrClN3O2S/c22-14-5-6-19-12(7-14)8-15(21(27)28-19)18-11-29-20(26-18)13(9-24)10-25-17-4-2-1-3-16(17)23/h1-8,10-11,25H/b13-10+. The van der Waals surface area contributed by atoms with Gasteiger partial charge in [0, 0.05) is 21.4 Å². The first-order valence-electron chi connectivity index (χ1n) is 8.36. The second kappa shape index (κ2) is 8.21. The van der Waals surface area contributed by atoms with Gasteiger partial charge >= 0.3 is 5.63 Å². The minimum atomic E-state index is -0.478. The van der Waals surface area contributed by atoms with Gasteiger partial charge in [-0.1, -0.05) is 39.7 Å². The summed E-state index contributed by atoms with van der Waals surface area (Å²) in [5.74, 6) is 0. The Morgan fingerprint density at radius 3 is 2.90 bits per heavy atom. The third-order valence-electron chi connectivity index (χ3n) is 4.07. The fraction of sp³-hybridized carbons (Fsp3) is 0. The molecule has 0 spiro atoms. The van der Waals surface area contributed by atoms with Gasteiger partial charge in [-0.25, -0.2) is 9.78 Å². The third kappa shape index (κ3) is 4.10. The van der Waals surface area contributed by atoms with Crippen LogP contribution in [0.4, 0.5) is 5.69 Å². The fourth-order valence-electron chi connectivity index (χ4n) is 2.66. The zero-order chi connectivity index (χ0) is 20.4. The molecule has 2 aromatic carbocycles. The van der Waals surface area contributed by atoms with Gasteiger partial charge in [0.05, 0.1) is 22.0 Å². The van der Waals surface area contributed by atoms with Gasteiger partial charge in [0.1, 0.15) is 22.2 Å². The number of thiazole rings is 1. The normalized spacial score (nSPS) is 11.4. The lowest BCUT2D eigenvalue weighted by molar-refractivity contribution is 0.563. The van der Waals surface area contributed by atoms with Gasteiger partial charge < -0.3 is 9.73 Å². The molecule has 142 valence electrons. The number of rotatable bonds is 4. The van der Waals surface area contributed by atoms with Crippen molar-refractivity contribution in [3.05, 3.63) is 85.0 Å². The Morgan fingerprint density at radius 2 is 2.10 bits per heavy atom. The molecule has 0 unspecified atom stereocenters. The van der Waals surface area contributed by atoms with Crippen LogP contribution in [-0.2, 0) is 0 Å². The van der Waals surface area contributed by atoms with Gasteiger partial charge in [-0.05, 0) is 36.4 Å². The Hall–Kier alpha value is -2.92. The van der Waals surface area contributed by atoms with Gasteiger partial charge in [0.25, 0.3) is 0 Å². The molecule has 29 heavy (non-hydrogen) atoms. The van der Waals surface area contributed by atoms with Crippen molar-refractivity contribution in [3.8, 4) is 17.3 Å². The summed E-state index contributed by atoms with van der Waals surface area (Å²) in [6.07, 6.45) is 1.55. The van der Waals surface area contributed by atoms with Gasteiger partial charge in [-0.2, -0.15) is 5.26 Å². The zero-order valence-corrected chi connectivity index (χ0v) is 17.8. The maximum Gasteiger partial charge on any atom is 0.345 e. The maximum absolute atomic E-state index is 12.4. The zero-order valence-electron chi connectivity index (χ0n) is 14.6. The summed E-state index contributed by atoms with van der Waals surface area (Å²) < 4.78 is 6.28. The second-order valence-corrected chi connectivity index (χ2v) is 8.14. The van der Waals surface area contributed by atoms with E-state index in [1.807, 2.05) is 24.3 Å². The maximum atomic E-state index is 12.4. The highest BCUT2D eigenvalue weighted by Gasteiger charge is 2.14. The number of hydrogen-bond acceptors (Lipinski definition) is 6. The van der Waals surface area contributed by atoms with Crippen molar-refractivity contribution < 1.29 is 4.42 Å². The van der Waals surface area contributed by atoms with Crippen molar-refractivity contribution in [1.82, 2.24) is 4.98 Å². The number of para-hydroxylation sites is 1. The van der Waals surface area contributed by atoms with Crippen molar-refractivity contribution >= 4 is 61.1 Å². The summed E-state index contributed by atoms with van der Waals surface area (Å²) in [6, 6.07) is 16.5. The molecule has 0 aliphatic rings. The number of benzene rings is 2. The van der Waals surface area contributed by atoms with E-state index in [1.54, 1.807) is 35.8 Å². The van der Waals surface area contributed by atoms with E-state index in [9.17, 15) is 10.1 Å². The van der Waals surface area contributed by atoms with Crippen LogP contribution in [0.3, 0.4) is 0 Å². The molecule has 0 radical (unpaired) electrons. The average Bonchev–Trinajstić information content (AvgIpc) is 3.19. The largest absolute Gasteiger partial charge is 0.422 e. The van der Waals surface area contributed by atoms with Crippen molar-refractivity contribution in [3.63, 3.8) is 0 Å². The highest BCUT2D eigenvalue weighted by Crippen LogP contribution is 2.28. The van der Waals surface area contributed by atoms with Crippen LogP contribution >= 0.6 is 38.9 Å². The Labute approximate surface area is 183 Å². The molecule has 0 saturated heterocycles. The number of allylic oxidation sites excluding steroid dienone is 1. The molecule has 5 nitrogen and oxygen atoms in total. The molecular formula is C21H11BrClN3O2S. The van der Waals surface area contributed by atoms with Crippen LogP contribution in [-0.4, -0.2) is 4.98 Å². The summed E-state index contributed by atoms with van der Waals surface area (Å²) in [6.45, 7) is 0. The molecular weight excluding hydrogens is 474 g/mol. The lowest BCUT2D eigenvalue weighted by atomic mass is 10.1. The SMILES string of the molecule is N#C/C(=C\Nc1ccccc1Cl)c1nc(-c2cc3cc(Br)ccc3oc2=O)cs1. The minimum absolute atomic E-state index is 0.328.